The molecule has 0 bridgehead atoms. The Bertz CT molecular complexity index is 966. The number of hydrogen-bond donors (Lipinski definition) is 2. The zero-order valence-corrected chi connectivity index (χ0v) is 20.1. The predicted octanol–water partition coefficient (Wildman–Crippen LogP) is 1.55. The van der Waals surface area contributed by atoms with Crippen LogP contribution in [0, 0.1) is 6.92 Å². The van der Waals surface area contributed by atoms with Gasteiger partial charge in [0.25, 0.3) is 0 Å². The van der Waals surface area contributed by atoms with Crippen molar-refractivity contribution in [3.05, 3.63) is 40.2 Å². The molecule has 10 heteroatoms. The number of benzene rings is 1. The van der Waals surface area contributed by atoms with Crippen LogP contribution >= 0.6 is 0 Å². The number of aliphatic hydroxyl groups excluding tert-OH is 1. The van der Waals surface area contributed by atoms with Crippen LogP contribution in [0.25, 0.3) is 0 Å². The topological polar surface area (TPSA) is 118 Å². The molecule has 1 amide bonds. The van der Waals surface area contributed by atoms with Crippen molar-refractivity contribution in [3.8, 4) is 0 Å². The van der Waals surface area contributed by atoms with Gasteiger partial charge >= 0.3 is 168 Å². The number of aryl methyl sites for hydroxylation is 1. The Morgan fingerprint density at radius 3 is 2.66 bits per heavy atom. The van der Waals surface area contributed by atoms with Gasteiger partial charge in [-0.2, -0.15) is 0 Å². The summed E-state index contributed by atoms with van der Waals surface area (Å²) in [4.78, 5) is 35.8. The fourth-order valence-electron chi connectivity index (χ4n) is 3.29. The number of hydrogen-bond acceptors (Lipinski definition) is 6. The Hall–Kier alpha value is -2.14. The fourth-order valence-corrected chi connectivity index (χ4v) is 5.90. The van der Waals surface area contributed by atoms with E-state index in [2.05, 4.69) is 24.9 Å². The third-order valence-electron chi connectivity index (χ3n) is 5.09. The summed E-state index contributed by atoms with van der Waals surface area (Å²) in [6.07, 6.45) is -2.19. The van der Waals surface area contributed by atoms with E-state index in [1.807, 2.05) is 0 Å². The van der Waals surface area contributed by atoms with Crippen LogP contribution in [0.4, 0.5) is 4.79 Å². The van der Waals surface area contributed by atoms with Gasteiger partial charge in [0, 0.05) is 0 Å². The number of esters is 1. The van der Waals surface area contributed by atoms with Gasteiger partial charge in [-0.1, -0.05) is 0 Å². The number of carbonyl (C=O) groups excluding carboxylic acids is 1. The first-order valence-corrected chi connectivity index (χ1v) is 19.3. The van der Waals surface area contributed by atoms with Crippen LogP contribution in [0.2, 0.25) is 14.8 Å². The minimum atomic E-state index is -2.48. The summed E-state index contributed by atoms with van der Waals surface area (Å²) in [5.41, 5.74) is 2.56. The molecule has 2 heterocycles. The second-order valence-corrected chi connectivity index (χ2v) is 22.4. The molecule has 156 valence electrons. The van der Waals surface area contributed by atoms with Gasteiger partial charge in [-0.3, -0.25) is 0 Å². The van der Waals surface area contributed by atoms with Gasteiger partial charge < -0.3 is 0 Å². The van der Waals surface area contributed by atoms with Gasteiger partial charge in [0.2, 0.25) is 0 Å². The monoisotopic (exact) mass is 510 g/mol. The average Bonchev–Trinajstić information content (AvgIpc) is 3.18. The van der Waals surface area contributed by atoms with E-state index in [4.69, 9.17) is 4.74 Å². The van der Waals surface area contributed by atoms with Crippen molar-refractivity contribution < 1.29 is 24.5 Å². The van der Waals surface area contributed by atoms with Crippen molar-refractivity contribution in [1.29, 1.82) is 0 Å². The number of cyclic esters (lactones) is 1. The molecular weight excluding hydrogens is 483 g/mol. The quantitative estimate of drug-likeness (QED) is 0.449. The zero-order chi connectivity index (χ0) is 21.5. The van der Waals surface area contributed by atoms with Crippen LogP contribution in [0.5, 0.6) is 0 Å². The minimum absolute atomic E-state index is 0.0312. The maximum absolute atomic E-state index is 11.8. The molecule has 1 aliphatic heterocycles. The van der Waals surface area contributed by atoms with Gasteiger partial charge in [0.05, 0.1) is 0 Å². The third-order valence-corrected chi connectivity index (χ3v) is 9.52. The van der Waals surface area contributed by atoms with E-state index in [-0.39, 0.29) is 25.7 Å². The smallest absolute Gasteiger partial charge is 0.246 e. The molecule has 2 N–H and O–H groups in total. The molecule has 0 spiro atoms. The molecule has 0 fully saturated rings. The Morgan fingerprint density at radius 1 is 1.38 bits per heavy atom. The normalized spacial score (nSPS) is 14.5. The first-order chi connectivity index (χ1) is 13.5. The van der Waals surface area contributed by atoms with E-state index in [0.717, 1.165) is 19.9 Å². The van der Waals surface area contributed by atoms with Crippen LogP contribution in [0.3, 0.4) is 0 Å². The number of fused-ring (bicyclic) bond motifs is 1. The van der Waals surface area contributed by atoms with E-state index in [1.165, 1.54) is 0 Å². The molecule has 3 rings (SSSR count). The average molecular weight is 509 g/mol. The molecule has 1 unspecified atom stereocenters. The Balaban J connectivity index is 1.81. The summed E-state index contributed by atoms with van der Waals surface area (Å²) in [6.45, 7) is 1.88. The van der Waals surface area contributed by atoms with Gasteiger partial charge in [-0.15, -0.1) is 0 Å². The number of carbonyl (C=O) groups is 2. The molecule has 2 aromatic rings. The molecule has 9 nitrogen and oxygen atoms in total. The molecule has 0 radical (unpaired) electrons. The van der Waals surface area contributed by atoms with E-state index in [0.29, 0.717) is 17.0 Å². The Labute approximate surface area is 173 Å². The predicted molar refractivity (Wildman–Crippen MR) is 108 cm³/mol. The van der Waals surface area contributed by atoms with Gasteiger partial charge in [0.15, 0.2) is 0 Å². The number of aliphatic hydroxyl groups is 1. The zero-order valence-electron chi connectivity index (χ0n) is 17.3. The molecule has 0 saturated carbocycles. The molecule has 1 aliphatic rings. The third kappa shape index (κ3) is 4.40. The van der Waals surface area contributed by atoms with Crippen molar-refractivity contribution in [1.82, 2.24) is 19.7 Å². The Morgan fingerprint density at radius 2 is 2.07 bits per heavy atom. The van der Waals surface area contributed by atoms with Crippen LogP contribution in [-0.2, 0) is 24.9 Å². The standard InChI is InChI=1S/C16H17N4O5.3CH3.Sn/c1-9-10(3-4-11-12(9)7-25-15(11)22)13(21)5-20(16(23)24)6-14-17-8-18-19(14)2;;;;/h3-4,13,21H,5-7H2,1-2H3,(H,23,24);3*1H3;. The van der Waals surface area contributed by atoms with Crippen LogP contribution in [0.15, 0.2) is 12.1 Å². The summed E-state index contributed by atoms with van der Waals surface area (Å²) < 4.78 is 7.49. The Kier molecular flexibility index (Phi) is 5.90. The second kappa shape index (κ2) is 7.94. The number of rotatable bonds is 6. The number of carboxylic acid groups (broad SMARTS) is 1. The molecular formula is C19H26N4O5Sn. The van der Waals surface area contributed by atoms with E-state index < -0.39 is 30.6 Å². The van der Waals surface area contributed by atoms with Gasteiger partial charge in [-0.05, 0) is 0 Å². The summed E-state index contributed by atoms with van der Waals surface area (Å²) >= 11 is -2.48. The molecule has 1 aromatic heterocycles. The number of aromatic nitrogens is 3. The molecule has 0 saturated heterocycles. The van der Waals surface area contributed by atoms with Gasteiger partial charge in [0.1, 0.15) is 0 Å². The molecule has 29 heavy (non-hydrogen) atoms. The SMILES string of the molecule is Cc1c(C(O)CN(Cc2n[c]([Sn]([CH3])([CH3])[CH3])nn2C)C(=O)O)ccc2c1COC2=O. The van der Waals surface area contributed by atoms with Crippen molar-refractivity contribution in [2.24, 2.45) is 7.05 Å². The van der Waals surface area contributed by atoms with Gasteiger partial charge in [-0.25, -0.2) is 4.79 Å². The second-order valence-electron chi connectivity index (χ2n) is 8.29. The number of nitrogens with zero attached hydrogens (tertiary/aromatic N) is 4. The van der Waals surface area contributed by atoms with Crippen molar-refractivity contribution in [2.75, 3.05) is 6.54 Å². The first kappa shape index (κ1) is 21.6. The van der Waals surface area contributed by atoms with E-state index in [1.54, 1.807) is 30.8 Å². The van der Waals surface area contributed by atoms with E-state index >= 15 is 0 Å². The fraction of sp³-hybridized carbons (Fsp3) is 0.474. The molecule has 1 atom stereocenters. The van der Waals surface area contributed by atoms with Crippen molar-refractivity contribution in [2.45, 2.75) is 41.0 Å². The maximum atomic E-state index is 11.8. The van der Waals surface area contributed by atoms with Crippen LogP contribution in [0.1, 0.15) is 39.0 Å². The van der Waals surface area contributed by atoms with Crippen molar-refractivity contribution in [3.63, 3.8) is 0 Å². The number of ether oxygens (including phenoxy) is 1. The molecule has 0 aliphatic carbocycles. The van der Waals surface area contributed by atoms with Crippen LogP contribution < -0.4 is 3.84 Å². The number of amides is 1. The summed E-state index contributed by atoms with van der Waals surface area (Å²) in [6, 6.07) is 3.27. The summed E-state index contributed by atoms with van der Waals surface area (Å²) in [5, 5.41) is 24.9. The first-order valence-electron chi connectivity index (χ1n) is 9.35. The minimum Gasteiger partial charge on any atom is -0.246 e. The van der Waals surface area contributed by atoms with Crippen molar-refractivity contribution >= 4 is 34.3 Å². The van der Waals surface area contributed by atoms with E-state index in [9.17, 15) is 19.8 Å². The molecule has 1 aromatic carbocycles. The summed E-state index contributed by atoms with van der Waals surface area (Å²) in [5.74, 6) is 0.171. The summed E-state index contributed by atoms with van der Waals surface area (Å²) in [7, 11) is 1.75. The van der Waals surface area contributed by atoms with Crippen LogP contribution in [-0.4, -0.2) is 66.9 Å².